The van der Waals surface area contributed by atoms with Gasteiger partial charge in [0.2, 0.25) is 0 Å². The zero-order chi connectivity index (χ0) is 12.6. The highest BCUT2D eigenvalue weighted by Crippen LogP contribution is 2.35. The van der Waals surface area contributed by atoms with E-state index in [2.05, 4.69) is 0 Å². The summed E-state index contributed by atoms with van der Waals surface area (Å²) in [6.45, 7) is 3.95. The van der Waals surface area contributed by atoms with Gasteiger partial charge in [-0.3, -0.25) is 0 Å². The lowest BCUT2D eigenvalue weighted by Crippen LogP contribution is -2.01. The molecule has 2 rings (SSSR count). The highest BCUT2D eigenvalue weighted by molar-refractivity contribution is 7.14. The summed E-state index contributed by atoms with van der Waals surface area (Å²) >= 11 is 1.27. The van der Waals surface area contributed by atoms with Gasteiger partial charge in [-0.15, -0.1) is 11.3 Å². The molecule has 0 aliphatic heterocycles. The van der Waals surface area contributed by atoms with E-state index in [1.54, 1.807) is 5.38 Å². The molecule has 3 nitrogen and oxygen atoms in total. The number of carboxylic acid groups (broad SMARTS) is 1. The highest BCUT2D eigenvalue weighted by Gasteiger charge is 2.18. The number of carbonyl (C=O) groups is 1. The molecule has 0 saturated heterocycles. The summed E-state index contributed by atoms with van der Waals surface area (Å²) in [5.41, 5.74) is 9.72. The van der Waals surface area contributed by atoms with Crippen molar-refractivity contribution in [3.63, 3.8) is 0 Å². The third-order valence-electron chi connectivity index (χ3n) is 2.72. The lowest BCUT2D eigenvalue weighted by molar-refractivity contribution is 0.0699. The van der Waals surface area contributed by atoms with Crippen molar-refractivity contribution in [2.24, 2.45) is 0 Å². The summed E-state index contributed by atoms with van der Waals surface area (Å²) in [4.78, 5) is 11.2. The average Bonchev–Trinajstić information content (AvgIpc) is 2.64. The van der Waals surface area contributed by atoms with Gasteiger partial charge in [0.1, 0.15) is 10.6 Å². The van der Waals surface area contributed by atoms with Gasteiger partial charge in [-0.05, 0) is 25.0 Å². The van der Waals surface area contributed by atoms with E-state index >= 15 is 0 Å². The van der Waals surface area contributed by atoms with Crippen molar-refractivity contribution >= 4 is 22.3 Å². The molecule has 0 bridgehead atoms. The molecule has 0 spiro atoms. The summed E-state index contributed by atoms with van der Waals surface area (Å²) < 4.78 is 0. The third-order valence-corrected chi connectivity index (χ3v) is 3.53. The molecular formula is C13H13NO2S. The molecule has 88 valence electrons. The Bertz CT molecular complexity index is 587. The Hall–Kier alpha value is -1.81. The number of rotatable bonds is 2. The molecule has 1 aromatic carbocycles. The molecule has 0 fully saturated rings. The van der Waals surface area contributed by atoms with Crippen LogP contribution >= 0.6 is 11.3 Å². The van der Waals surface area contributed by atoms with Gasteiger partial charge in [-0.2, -0.15) is 0 Å². The van der Waals surface area contributed by atoms with Gasteiger partial charge in [0.25, 0.3) is 0 Å². The molecule has 4 heteroatoms. The average molecular weight is 247 g/mol. The van der Waals surface area contributed by atoms with Crippen LogP contribution in [-0.2, 0) is 0 Å². The zero-order valence-corrected chi connectivity index (χ0v) is 10.5. The number of nitrogens with two attached hydrogens (primary N) is 1. The fourth-order valence-corrected chi connectivity index (χ4v) is 2.62. The summed E-state index contributed by atoms with van der Waals surface area (Å²) in [5.74, 6) is -0.973. The summed E-state index contributed by atoms with van der Waals surface area (Å²) in [6, 6.07) is 5.99. The molecule has 1 aromatic heterocycles. The molecule has 0 aliphatic carbocycles. The summed E-state index contributed by atoms with van der Waals surface area (Å²) in [7, 11) is 0. The maximum atomic E-state index is 11.2. The quantitative estimate of drug-likeness (QED) is 0.855. The van der Waals surface area contributed by atoms with E-state index in [0.29, 0.717) is 10.6 Å². The molecule has 1 heterocycles. The molecular weight excluding hydrogens is 234 g/mol. The molecule has 17 heavy (non-hydrogen) atoms. The van der Waals surface area contributed by atoms with E-state index in [0.717, 1.165) is 16.7 Å². The first-order chi connectivity index (χ1) is 8.00. The number of hydrogen-bond donors (Lipinski definition) is 2. The lowest BCUT2D eigenvalue weighted by atomic mass is 9.97. The Morgan fingerprint density at radius 2 is 2.00 bits per heavy atom. The maximum Gasteiger partial charge on any atom is 0.339 e. The Morgan fingerprint density at radius 3 is 2.65 bits per heavy atom. The van der Waals surface area contributed by atoms with Crippen LogP contribution in [0.5, 0.6) is 0 Å². The number of hydrogen-bond acceptors (Lipinski definition) is 3. The Balaban J connectivity index is 2.68. The van der Waals surface area contributed by atoms with Crippen molar-refractivity contribution < 1.29 is 9.90 Å². The number of carboxylic acids is 1. The molecule has 0 radical (unpaired) electrons. The molecule has 2 aromatic rings. The minimum absolute atomic E-state index is 0.212. The van der Waals surface area contributed by atoms with Crippen LogP contribution in [0.15, 0.2) is 23.6 Å². The molecule has 3 N–H and O–H groups in total. The van der Waals surface area contributed by atoms with Gasteiger partial charge in [0, 0.05) is 10.9 Å². The molecule has 0 aliphatic rings. The summed E-state index contributed by atoms with van der Waals surface area (Å²) in [6.07, 6.45) is 0. The zero-order valence-electron chi connectivity index (χ0n) is 9.65. The van der Waals surface area contributed by atoms with Crippen molar-refractivity contribution in [1.29, 1.82) is 0 Å². The van der Waals surface area contributed by atoms with Gasteiger partial charge < -0.3 is 10.8 Å². The first-order valence-corrected chi connectivity index (χ1v) is 6.06. The van der Waals surface area contributed by atoms with Crippen LogP contribution in [0.3, 0.4) is 0 Å². The largest absolute Gasteiger partial charge is 0.478 e. The molecule has 0 amide bonds. The van der Waals surface area contributed by atoms with Crippen molar-refractivity contribution in [3.8, 4) is 11.1 Å². The standard InChI is InChI=1S/C13H13NO2S/c1-7-3-4-8(2)9(5-7)10-6-17-12(14)11(10)13(15)16/h3-6H,14H2,1-2H3,(H,15,16). The van der Waals surface area contributed by atoms with Crippen molar-refractivity contribution in [2.45, 2.75) is 13.8 Å². The van der Waals surface area contributed by atoms with Gasteiger partial charge in [0.05, 0.1) is 0 Å². The fourth-order valence-electron chi connectivity index (χ4n) is 1.82. The van der Waals surface area contributed by atoms with Crippen molar-refractivity contribution in [3.05, 3.63) is 40.3 Å². The number of aromatic carboxylic acids is 1. The number of thiophene rings is 1. The Kier molecular flexibility index (Phi) is 2.90. The summed E-state index contributed by atoms with van der Waals surface area (Å²) in [5, 5.41) is 11.3. The van der Waals surface area contributed by atoms with Crippen LogP contribution in [0.25, 0.3) is 11.1 Å². The van der Waals surface area contributed by atoms with E-state index in [9.17, 15) is 9.90 Å². The molecule has 0 unspecified atom stereocenters. The van der Waals surface area contributed by atoms with Crippen LogP contribution in [0.4, 0.5) is 5.00 Å². The monoisotopic (exact) mass is 247 g/mol. The van der Waals surface area contributed by atoms with E-state index in [1.165, 1.54) is 11.3 Å². The Labute approximate surface area is 104 Å². The molecule has 0 saturated carbocycles. The smallest absolute Gasteiger partial charge is 0.339 e. The first kappa shape index (κ1) is 11.7. The van der Waals surface area contributed by atoms with Crippen LogP contribution in [-0.4, -0.2) is 11.1 Å². The number of anilines is 1. The second kappa shape index (κ2) is 4.22. The normalized spacial score (nSPS) is 10.5. The first-order valence-electron chi connectivity index (χ1n) is 5.18. The van der Waals surface area contributed by atoms with E-state index < -0.39 is 5.97 Å². The maximum absolute atomic E-state index is 11.2. The van der Waals surface area contributed by atoms with Gasteiger partial charge >= 0.3 is 5.97 Å². The van der Waals surface area contributed by atoms with Crippen molar-refractivity contribution in [2.75, 3.05) is 5.73 Å². The van der Waals surface area contributed by atoms with E-state index in [4.69, 9.17) is 5.73 Å². The minimum atomic E-state index is -0.973. The predicted molar refractivity (Wildman–Crippen MR) is 70.6 cm³/mol. The molecule has 0 atom stereocenters. The van der Waals surface area contributed by atoms with Crippen LogP contribution < -0.4 is 5.73 Å². The second-order valence-corrected chi connectivity index (χ2v) is 4.92. The van der Waals surface area contributed by atoms with Crippen LogP contribution in [0.1, 0.15) is 21.5 Å². The highest BCUT2D eigenvalue weighted by atomic mass is 32.1. The number of aryl methyl sites for hydroxylation is 2. The van der Waals surface area contributed by atoms with Gasteiger partial charge in [-0.1, -0.05) is 23.8 Å². The lowest BCUT2D eigenvalue weighted by Gasteiger charge is -2.07. The minimum Gasteiger partial charge on any atom is -0.478 e. The van der Waals surface area contributed by atoms with Crippen LogP contribution in [0, 0.1) is 13.8 Å². The third kappa shape index (κ3) is 2.03. The second-order valence-electron chi connectivity index (χ2n) is 4.01. The van der Waals surface area contributed by atoms with Gasteiger partial charge in [-0.25, -0.2) is 4.79 Å². The van der Waals surface area contributed by atoms with E-state index in [-0.39, 0.29) is 5.56 Å². The van der Waals surface area contributed by atoms with Crippen molar-refractivity contribution in [1.82, 2.24) is 0 Å². The van der Waals surface area contributed by atoms with Crippen LogP contribution in [0.2, 0.25) is 0 Å². The van der Waals surface area contributed by atoms with E-state index in [1.807, 2.05) is 32.0 Å². The predicted octanol–water partition coefficient (Wildman–Crippen LogP) is 3.31. The topological polar surface area (TPSA) is 63.3 Å². The Morgan fingerprint density at radius 1 is 1.29 bits per heavy atom. The fraction of sp³-hybridized carbons (Fsp3) is 0.154. The SMILES string of the molecule is Cc1ccc(C)c(-c2csc(N)c2C(=O)O)c1. The van der Waals surface area contributed by atoms with Gasteiger partial charge in [0.15, 0.2) is 0 Å². The number of benzene rings is 1. The number of nitrogen functional groups attached to an aromatic ring is 1.